The van der Waals surface area contributed by atoms with Gasteiger partial charge in [0.2, 0.25) is 0 Å². The van der Waals surface area contributed by atoms with Crippen molar-refractivity contribution in [1.82, 2.24) is 0 Å². The molecule has 6 nitrogen and oxygen atoms in total. The maximum atomic E-state index is 12.3. The first-order valence-corrected chi connectivity index (χ1v) is 9.89. The predicted octanol–water partition coefficient (Wildman–Crippen LogP) is 5.00. The molecule has 0 aliphatic carbocycles. The molecule has 1 amide bonds. The number of hydrogen-bond donors (Lipinski definition) is 1. The van der Waals surface area contributed by atoms with Crippen LogP contribution in [0.15, 0.2) is 71.2 Å². The molecule has 154 valence electrons. The molecule has 0 aromatic heterocycles. The van der Waals surface area contributed by atoms with Crippen LogP contribution in [0.5, 0.6) is 17.2 Å². The fourth-order valence-corrected chi connectivity index (χ4v) is 2.81. The Kier molecular flexibility index (Phi) is 7.08. The van der Waals surface area contributed by atoms with Crippen LogP contribution in [0.4, 0.5) is 5.69 Å². The summed E-state index contributed by atoms with van der Waals surface area (Å²) in [6.07, 6.45) is 0. The number of benzene rings is 3. The van der Waals surface area contributed by atoms with Gasteiger partial charge in [-0.1, -0.05) is 15.9 Å². The summed E-state index contributed by atoms with van der Waals surface area (Å²) in [5, 5.41) is 2.79. The van der Waals surface area contributed by atoms with Gasteiger partial charge in [-0.15, -0.1) is 0 Å². The molecular weight excluding hydrogens is 450 g/mol. The van der Waals surface area contributed by atoms with E-state index in [0.717, 1.165) is 10.0 Å². The van der Waals surface area contributed by atoms with E-state index in [0.29, 0.717) is 28.5 Å². The molecule has 0 unspecified atom stereocenters. The average Bonchev–Trinajstić information content (AvgIpc) is 2.75. The third kappa shape index (κ3) is 5.84. The summed E-state index contributed by atoms with van der Waals surface area (Å²) in [6, 6.07) is 18.8. The number of hydrogen-bond acceptors (Lipinski definition) is 5. The normalized spacial score (nSPS) is 10.2. The summed E-state index contributed by atoms with van der Waals surface area (Å²) in [5.41, 5.74) is 2.09. The van der Waals surface area contributed by atoms with Crippen molar-refractivity contribution in [3.8, 4) is 17.2 Å². The minimum absolute atomic E-state index is 0.221. The number of aryl methyl sites for hydroxylation is 1. The minimum atomic E-state index is -0.536. The lowest BCUT2D eigenvalue weighted by Crippen LogP contribution is -2.18. The van der Waals surface area contributed by atoms with E-state index in [1.54, 1.807) is 61.7 Å². The molecular formula is C23H20BrNO5. The van der Waals surface area contributed by atoms with E-state index >= 15 is 0 Å². The zero-order chi connectivity index (χ0) is 21.5. The van der Waals surface area contributed by atoms with Crippen molar-refractivity contribution >= 4 is 33.5 Å². The molecule has 0 saturated heterocycles. The highest BCUT2D eigenvalue weighted by atomic mass is 79.9. The summed E-state index contributed by atoms with van der Waals surface area (Å²) in [4.78, 5) is 24.3. The second-order valence-electron chi connectivity index (χ2n) is 6.38. The first-order chi connectivity index (χ1) is 14.4. The summed E-state index contributed by atoms with van der Waals surface area (Å²) in [5.74, 6) is 0.811. The quantitative estimate of drug-likeness (QED) is 0.389. The molecule has 30 heavy (non-hydrogen) atoms. The van der Waals surface area contributed by atoms with Crippen LogP contribution in [0.3, 0.4) is 0 Å². The molecule has 0 spiro atoms. The molecule has 0 bridgehead atoms. The molecule has 0 fully saturated rings. The molecule has 0 saturated carbocycles. The summed E-state index contributed by atoms with van der Waals surface area (Å²) in [6.45, 7) is 1.71. The zero-order valence-electron chi connectivity index (χ0n) is 16.5. The Morgan fingerprint density at radius 2 is 1.53 bits per heavy atom. The second-order valence-corrected chi connectivity index (χ2v) is 7.24. The summed E-state index contributed by atoms with van der Waals surface area (Å²) < 4.78 is 16.8. The largest absolute Gasteiger partial charge is 0.497 e. The number of carbonyl (C=O) groups excluding carboxylic acids is 2. The predicted molar refractivity (Wildman–Crippen MR) is 117 cm³/mol. The monoisotopic (exact) mass is 469 g/mol. The smallest absolute Gasteiger partial charge is 0.349 e. The van der Waals surface area contributed by atoms with Crippen LogP contribution >= 0.6 is 15.9 Å². The van der Waals surface area contributed by atoms with Gasteiger partial charge in [0.15, 0.2) is 6.61 Å². The molecule has 0 heterocycles. The van der Waals surface area contributed by atoms with E-state index < -0.39 is 5.97 Å². The first-order valence-electron chi connectivity index (χ1n) is 9.09. The Labute approximate surface area is 182 Å². The van der Waals surface area contributed by atoms with Gasteiger partial charge in [0.1, 0.15) is 17.2 Å². The second kappa shape index (κ2) is 9.93. The van der Waals surface area contributed by atoms with Gasteiger partial charge < -0.3 is 19.5 Å². The number of ether oxygens (including phenoxy) is 3. The fraction of sp³-hybridized carbons (Fsp3) is 0.130. The Hall–Kier alpha value is -3.32. The molecule has 0 aliphatic rings. The molecule has 3 aromatic carbocycles. The number of anilines is 1. The van der Waals surface area contributed by atoms with Crippen molar-refractivity contribution in [1.29, 1.82) is 0 Å². The van der Waals surface area contributed by atoms with E-state index in [1.807, 2.05) is 19.1 Å². The van der Waals surface area contributed by atoms with Crippen molar-refractivity contribution < 1.29 is 23.8 Å². The highest BCUT2D eigenvalue weighted by molar-refractivity contribution is 9.10. The zero-order valence-corrected chi connectivity index (χ0v) is 18.1. The van der Waals surface area contributed by atoms with E-state index in [-0.39, 0.29) is 12.5 Å². The van der Waals surface area contributed by atoms with Gasteiger partial charge in [0.05, 0.1) is 7.11 Å². The van der Waals surface area contributed by atoms with Crippen LogP contribution in [0.1, 0.15) is 15.9 Å². The van der Waals surface area contributed by atoms with Gasteiger partial charge in [0.25, 0.3) is 5.91 Å². The lowest BCUT2D eigenvalue weighted by Gasteiger charge is -2.09. The van der Waals surface area contributed by atoms with Crippen molar-refractivity contribution in [3.05, 3.63) is 82.3 Å². The topological polar surface area (TPSA) is 73.9 Å². The molecule has 3 rings (SSSR count). The van der Waals surface area contributed by atoms with Crippen LogP contribution in [-0.2, 0) is 4.79 Å². The Morgan fingerprint density at radius 3 is 2.17 bits per heavy atom. The van der Waals surface area contributed by atoms with Crippen molar-refractivity contribution in [2.24, 2.45) is 0 Å². The van der Waals surface area contributed by atoms with E-state index in [2.05, 4.69) is 21.2 Å². The highest BCUT2D eigenvalue weighted by Crippen LogP contribution is 2.22. The van der Waals surface area contributed by atoms with Gasteiger partial charge >= 0.3 is 5.97 Å². The van der Waals surface area contributed by atoms with Crippen molar-refractivity contribution in [3.63, 3.8) is 0 Å². The van der Waals surface area contributed by atoms with Crippen molar-refractivity contribution in [2.75, 3.05) is 19.0 Å². The third-order valence-electron chi connectivity index (χ3n) is 4.18. The van der Waals surface area contributed by atoms with Gasteiger partial charge in [-0.2, -0.15) is 0 Å². The number of amides is 1. The minimum Gasteiger partial charge on any atom is -0.497 e. The third-order valence-corrected chi connectivity index (χ3v) is 5.07. The van der Waals surface area contributed by atoms with Crippen LogP contribution in [0.25, 0.3) is 0 Å². The van der Waals surface area contributed by atoms with E-state index in [9.17, 15) is 9.59 Å². The first kappa shape index (κ1) is 21.4. The van der Waals surface area contributed by atoms with Crippen molar-refractivity contribution in [2.45, 2.75) is 6.92 Å². The van der Waals surface area contributed by atoms with Gasteiger partial charge in [0, 0.05) is 15.7 Å². The highest BCUT2D eigenvalue weighted by Gasteiger charge is 2.10. The Morgan fingerprint density at radius 1 is 0.900 bits per heavy atom. The van der Waals surface area contributed by atoms with Crippen LogP contribution in [0.2, 0.25) is 0 Å². The average molecular weight is 470 g/mol. The maximum absolute atomic E-state index is 12.3. The number of methoxy groups -OCH3 is 1. The van der Waals surface area contributed by atoms with Gasteiger partial charge in [-0.3, -0.25) is 4.79 Å². The number of esters is 1. The van der Waals surface area contributed by atoms with Gasteiger partial charge in [-0.05, 0) is 79.2 Å². The molecule has 3 aromatic rings. The van der Waals surface area contributed by atoms with Crippen LogP contribution < -0.4 is 19.5 Å². The molecule has 0 aliphatic heterocycles. The summed E-state index contributed by atoms with van der Waals surface area (Å²) in [7, 11) is 1.58. The molecule has 1 N–H and O–H groups in total. The molecule has 0 radical (unpaired) electrons. The molecule has 0 atom stereocenters. The number of nitrogens with one attached hydrogen (secondary N) is 1. The SMILES string of the molecule is COc1ccc(NC(=O)c2ccc(OC(=O)COc3ccc(Br)c(C)c3)cc2)cc1. The standard InChI is InChI=1S/C23H20BrNO5/c1-15-13-20(11-12-21(15)24)29-14-22(26)30-19-7-3-16(4-8-19)23(27)25-17-5-9-18(28-2)10-6-17/h3-13H,14H2,1-2H3,(H,25,27). The van der Waals surface area contributed by atoms with E-state index in [1.165, 1.54) is 0 Å². The fourth-order valence-electron chi connectivity index (χ4n) is 2.56. The number of carbonyl (C=O) groups is 2. The van der Waals surface area contributed by atoms with E-state index in [4.69, 9.17) is 14.2 Å². The Balaban J connectivity index is 1.52. The number of halogens is 1. The summed E-state index contributed by atoms with van der Waals surface area (Å²) >= 11 is 3.41. The van der Waals surface area contributed by atoms with Gasteiger partial charge in [-0.25, -0.2) is 4.79 Å². The molecule has 7 heteroatoms. The number of rotatable bonds is 7. The lowest BCUT2D eigenvalue weighted by molar-refractivity contribution is -0.136. The van der Waals surface area contributed by atoms with Crippen LogP contribution in [-0.4, -0.2) is 25.6 Å². The lowest BCUT2D eigenvalue weighted by atomic mass is 10.2. The van der Waals surface area contributed by atoms with Crippen LogP contribution in [0, 0.1) is 6.92 Å². The Bertz CT molecular complexity index is 1030. The maximum Gasteiger partial charge on any atom is 0.349 e.